The molecule has 0 spiro atoms. The Morgan fingerprint density at radius 2 is 2.17 bits per heavy atom. The molecule has 0 unspecified atom stereocenters. The van der Waals surface area contributed by atoms with E-state index in [4.69, 9.17) is 0 Å². The van der Waals surface area contributed by atoms with E-state index in [2.05, 4.69) is 10.1 Å². The molecule has 0 bridgehead atoms. The van der Waals surface area contributed by atoms with Crippen molar-refractivity contribution >= 4 is 5.65 Å². The first-order valence-electron chi connectivity index (χ1n) is 3.72. The molecule has 62 valence electrons. The lowest BCUT2D eigenvalue weighted by molar-refractivity contribution is 0.885. The van der Waals surface area contributed by atoms with Gasteiger partial charge in [-0.25, -0.2) is 9.50 Å². The predicted octanol–water partition coefficient (Wildman–Crippen LogP) is 0.639. The summed E-state index contributed by atoms with van der Waals surface area (Å²) in [6.45, 7) is 3.66. The van der Waals surface area contributed by atoms with E-state index in [0.717, 1.165) is 5.56 Å². The van der Waals surface area contributed by atoms with Gasteiger partial charge in [-0.1, -0.05) is 0 Å². The summed E-state index contributed by atoms with van der Waals surface area (Å²) in [6.07, 6.45) is 3.36. The molecule has 0 aromatic carbocycles. The summed E-state index contributed by atoms with van der Waals surface area (Å²) in [4.78, 5) is 15.6. The number of nitrogens with one attached hydrogen (secondary N) is 1. The fraction of sp³-hybridized carbons (Fsp3) is 0.250. The summed E-state index contributed by atoms with van der Waals surface area (Å²) in [6, 6.07) is 0. The van der Waals surface area contributed by atoms with E-state index >= 15 is 0 Å². The summed E-state index contributed by atoms with van der Waals surface area (Å²) >= 11 is 0. The number of aryl methyl sites for hydroxylation is 2. The SMILES string of the molecule is Cc1cnc2c(C)c[nH]n2c1=O. The average molecular weight is 163 g/mol. The van der Waals surface area contributed by atoms with Crippen molar-refractivity contribution in [3.8, 4) is 0 Å². The van der Waals surface area contributed by atoms with Gasteiger partial charge in [-0.2, -0.15) is 0 Å². The molecule has 4 heteroatoms. The molecule has 0 atom stereocenters. The zero-order chi connectivity index (χ0) is 8.72. The number of aromatic amines is 1. The molecule has 0 radical (unpaired) electrons. The first kappa shape index (κ1) is 7.09. The molecule has 0 aliphatic carbocycles. The molecule has 0 amide bonds. The second kappa shape index (κ2) is 2.20. The molecule has 1 N–H and O–H groups in total. The number of hydrogen-bond acceptors (Lipinski definition) is 2. The van der Waals surface area contributed by atoms with E-state index < -0.39 is 0 Å². The predicted molar refractivity (Wildman–Crippen MR) is 45.3 cm³/mol. The van der Waals surface area contributed by atoms with Crippen LogP contribution in [0, 0.1) is 13.8 Å². The van der Waals surface area contributed by atoms with E-state index in [1.807, 2.05) is 6.92 Å². The van der Waals surface area contributed by atoms with Gasteiger partial charge in [0.1, 0.15) is 0 Å². The molecular weight excluding hydrogens is 154 g/mol. The van der Waals surface area contributed by atoms with Crippen LogP contribution in [0.1, 0.15) is 11.1 Å². The van der Waals surface area contributed by atoms with E-state index in [0.29, 0.717) is 11.2 Å². The second-order valence-corrected chi connectivity index (χ2v) is 2.86. The molecule has 0 aliphatic heterocycles. The van der Waals surface area contributed by atoms with Gasteiger partial charge in [0.05, 0.1) is 0 Å². The van der Waals surface area contributed by atoms with Gasteiger partial charge in [0.2, 0.25) is 0 Å². The Balaban J connectivity index is 3.03. The minimum Gasteiger partial charge on any atom is -0.297 e. The summed E-state index contributed by atoms with van der Waals surface area (Å²) in [5.41, 5.74) is 2.29. The Hall–Kier alpha value is -1.58. The molecule has 12 heavy (non-hydrogen) atoms. The van der Waals surface area contributed by atoms with E-state index in [9.17, 15) is 4.79 Å². The minimum absolute atomic E-state index is 0.0342. The number of rotatable bonds is 0. The largest absolute Gasteiger partial charge is 0.297 e. The lowest BCUT2D eigenvalue weighted by Crippen LogP contribution is -2.16. The van der Waals surface area contributed by atoms with Gasteiger partial charge >= 0.3 is 0 Å². The molecule has 2 aromatic rings. The first-order chi connectivity index (χ1) is 5.70. The monoisotopic (exact) mass is 163 g/mol. The van der Waals surface area contributed by atoms with Crippen molar-refractivity contribution in [3.05, 3.63) is 33.9 Å². The Morgan fingerprint density at radius 1 is 1.42 bits per heavy atom. The zero-order valence-electron chi connectivity index (χ0n) is 6.96. The molecule has 0 aliphatic rings. The molecule has 4 nitrogen and oxygen atoms in total. The quantitative estimate of drug-likeness (QED) is 0.619. The van der Waals surface area contributed by atoms with Crippen LogP contribution in [-0.2, 0) is 0 Å². The highest BCUT2D eigenvalue weighted by molar-refractivity contribution is 5.44. The van der Waals surface area contributed by atoms with Crippen LogP contribution in [0.2, 0.25) is 0 Å². The Morgan fingerprint density at radius 3 is 2.92 bits per heavy atom. The third-order valence-corrected chi connectivity index (χ3v) is 1.90. The van der Waals surface area contributed by atoms with Gasteiger partial charge in [-0.05, 0) is 13.8 Å². The van der Waals surface area contributed by atoms with Crippen LogP contribution in [0.3, 0.4) is 0 Å². The third kappa shape index (κ3) is 0.777. The van der Waals surface area contributed by atoms with Crippen molar-refractivity contribution < 1.29 is 0 Å². The summed E-state index contributed by atoms with van der Waals surface area (Å²) in [7, 11) is 0. The fourth-order valence-corrected chi connectivity index (χ4v) is 1.17. The number of nitrogens with zero attached hydrogens (tertiary/aromatic N) is 2. The van der Waals surface area contributed by atoms with Crippen molar-refractivity contribution in [2.24, 2.45) is 0 Å². The molecular formula is C8H9N3O. The summed E-state index contributed by atoms with van der Waals surface area (Å²) in [5, 5.41) is 2.84. The van der Waals surface area contributed by atoms with E-state index in [-0.39, 0.29) is 5.56 Å². The molecule has 2 aromatic heterocycles. The third-order valence-electron chi connectivity index (χ3n) is 1.90. The fourth-order valence-electron chi connectivity index (χ4n) is 1.17. The molecule has 0 saturated heterocycles. The zero-order valence-corrected chi connectivity index (χ0v) is 6.96. The van der Waals surface area contributed by atoms with Crippen LogP contribution in [0.25, 0.3) is 5.65 Å². The van der Waals surface area contributed by atoms with Crippen molar-refractivity contribution in [1.82, 2.24) is 14.6 Å². The minimum atomic E-state index is -0.0342. The van der Waals surface area contributed by atoms with Gasteiger partial charge in [0, 0.05) is 23.5 Å². The van der Waals surface area contributed by atoms with Gasteiger partial charge in [-0.3, -0.25) is 9.89 Å². The lowest BCUT2D eigenvalue weighted by atomic mass is 10.3. The van der Waals surface area contributed by atoms with E-state index in [1.165, 1.54) is 4.52 Å². The maximum absolute atomic E-state index is 11.4. The Bertz CT molecular complexity index is 480. The highest BCUT2D eigenvalue weighted by Gasteiger charge is 2.03. The van der Waals surface area contributed by atoms with Gasteiger partial charge in [-0.15, -0.1) is 0 Å². The van der Waals surface area contributed by atoms with Gasteiger partial charge < -0.3 is 0 Å². The standard InChI is InChI=1S/C8H9N3O/c1-5-4-10-11-7(5)9-3-6(2)8(11)12/h3-4,10H,1-2H3. The number of aromatic nitrogens is 3. The van der Waals surface area contributed by atoms with Gasteiger partial charge in [0.15, 0.2) is 5.65 Å². The maximum atomic E-state index is 11.4. The first-order valence-corrected chi connectivity index (χ1v) is 3.72. The van der Waals surface area contributed by atoms with Crippen LogP contribution < -0.4 is 5.56 Å². The summed E-state index contributed by atoms with van der Waals surface area (Å²) < 4.78 is 1.45. The number of H-pyrrole nitrogens is 1. The molecule has 0 fully saturated rings. The normalized spacial score (nSPS) is 10.8. The van der Waals surface area contributed by atoms with Crippen LogP contribution in [-0.4, -0.2) is 14.6 Å². The van der Waals surface area contributed by atoms with Crippen molar-refractivity contribution in [1.29, 1.82) is 0 Å². The number of fused-ring (bicyclic) bond motifs is 1. The lowest BCUT2D eigenvalue weighted by Gasteiger charge is -1.93. The van der Waals surface area contributed by atoms with Crippen LogP contribution in [0.15, 0.2) is 17.2 Å². The molecule has 2 rings (SSSR count). The van der Waals surface area contributed by atoms with E-state index in [1.54, 1.807) is 19.3 Å². The van der Waals surface area contributed by atoms with Crippen LogP contribution in [0.4, 0.5) is 0 Å². The second-order valence-electron chi connectivity index (χ2n) is 2.86. The topological polar surface area (TPSA) is 50.2 Å². The smallest absolute Gasteiger partial charge is 0.275 e. The van der Waals surface area contributed by atoms with Crippen molar-refractivity contribution in [2.45, 2.75) is 13.8 Å². The van der Waals surface area contributed by atoms with Crippen molar-refractivity contribution in [2.75, 3.05) is 0 Å². The van der Waals surface area contributed by atoms with Crippen LogP contribution in [0.5, 0.6) is 0 Å². The maximum Gasteiger partial charge on any atom is 0.275 e. The molecule has 2 heterocycles. The van der Waals surface area contributed by atoms with Crippen LogP contribution >= 0.6 is 0 Å². The summed E-state index contributed by atoms with van der Waals surface area (Å²) in [5.74, 6) is 0. The Kier molecular flexibility index (Phi) is 1.30. The highest BCUT2D eigenvalue weighted by Crippen LogP contribution is 2.02. The van der Waals surface area contributed by atoms with Gasteiger partial charge in [0.25, 0.3) is 5.56 Å². The highest BCUT2D eigenvalue weighted by atomic mass is 16.1. The average Bonchev–Trinajstić information content (AvgIpc) is 2.41. The van der Waals surface area contributed by atoms with Crippen molar-refractivity contribution in [3.63, 3.8) is 0 Å². The number of hydrogen-bond donors (Lipinski definition) is 1. The Labute approximate surface area is 68.8 Å². The molecule has 0 saturated carbocycles.